The molecule has 4 saturated heterocycles. The summed E-state index contributed by atoms with van der Waals surface area (Å²) in [5.74, 6) is 0.369. The SMILES string of the molecule is O=C(c1ccc2[nH]cc(C3CCN4CCCC4C3)c2c1)c1ccccc1F.O=C(c1ccc2occ(C3CCN4CCCCC4C3)c2c1)c1ccccc1Br. The van der Waals surface area contributed by atoms with E-state index in [0.29, 0.717) is 35.0 Å². The van der Waals surface area contributed by atoms with E-state index in [1.807, 2.05) is 60.9 Å². The fourth-order valence-electron chi connectivity index (χ4n) is 9.91. The lowest BCUT2D eigenvalue weighted by molar-refractivity contribution is 0.0975. The summed E-state index contributed by atoms with van der Waals surface area (Å²) in [6.07, 6.45) is 15.4. The van der Waals surface area contributed by atoms with Crippen molar-refractivity contribution in [3.63, 3.8) is 0 Å². The number of piperidine rings is 3. The number of ketones is 2. The Morgan fingerprint density at radius 2 is 1.31 bits per heavy atom. The fraction of sp³-hybridized carbons (Fsp3) is 0.362. The number of rotatable bonds is 6. The Bertz CT molecular complexity index is 2360. The van der Waals surface area contributed by atoms with E-state index in [0.717, 1.165) is 44.9 Å². The zero-order chi connectivity index (χ0) is 37.5. The summed E-state index contributed by atoms with van der Waals surface area (Å²) in [5.41, 5.74) is 6.61. The molecule has 0 aliphatic carbocycles. The second-order valence-electron chi connectivity index (χ2n) is 16.0. The molecule has 6 heterocycles. The Hall–Kier alpha value is -4.37. The van der Waals surface area contributed by atoms with Crippen LogP contribution in [0.4, 0.5) is 4.39 Å². The highest BCUT2D eigenvalue weighted by Gasteiger charge is 2.34. The fourth-order valence-corrected chi connectivity index (χ4v) is 10.4. The molecular formula is C47H47BrFN3O3. The first kappa shape index (κ1) is 36.3. The van der Waals surface area contributed by atoms with Crippen molar-refractivity contribution < 1.29 is 18.4 Å². The van der Waals surface area contributed by atoms with Gasteiger partial charge in [0.05, 0.1) is 11.8 Å². The van der Waals surface area contributed by atoms with Gasteiger partial charge >= 0.3 is 0 Å². The Balaban J connectivity index is 0.000000144. The number of aromatic nitrogens is 1. The number of halogens is 2. The highest BCUT2D eigenvalue weighted by molar-refractivity contribution is 9.10. The van der Waals surface area contributed by atoms with Crippen LogP contribution in [0.25, 0.3) is 21.9 Å². The molecule has 0 spiro atoms. The molecule has 4 aliphatic heterocycles. The van der Waals surface area contributed by atoms with E-state index in [1.54, 1.807) is 24.3 Å². The second-order valence-corrected chi connectivity index (χ2v) is 16.8. The van der Waals surface area contributed by atoms with Gasteiger partial charge in [0.15, 0.2) is 11.6 Å². The topological polar surface area (TPSA) is 69.5 Å². The average Bonchev–Trinajstić information content (AvgIpc) is 3.99. The van der Waals surface area contributed by atoms with Crippen LogP contribution in [-0.2, 0) is 0 Å². The predicted molar refractivity (Wildman–Crippen MR) is 220 cm³/mol. The number of hydrogen-bond acceptors (Lipinski definition) is 5. The van der Waals surface area contributed by atoms with Crippen LogP contribution >= 0.6 is 15.9 Å². The molecule has 282 valence electrons. The standard InChI is InChI=1S/C24H24BrNO2.C23H23FN2O/c25-22-7-2-1-6-19(22)24(27)17-8-9-23-20(14-17)21(15-28-23)16-10-12-26-11-4-3-5-18(26)13-16;24-21-6-2-1-5-18(21)23(27)16-7-8-22-19(13-16)20(14-25-22)15-9-11-26-10-3-4-17(26)12-15/h1-2,6-9,14-16,18H,3-5,10-13H2;1-2,5-8,13-15,17,25H,3-4,9-12H2. The van der Waals surface area contributed by atoms with E-state index in [4.69, 9.17) is 4.42 Å². The highest BCUT2D eigenvalue weighted by Crippen LogP contribution is 2.41. The summed E-state index contributed by atoms with van der Waals surface area (Å²) in [4.78, 5) is 34.5. The molecule has 1 N–H and O–H groups in total. The minimum Gasteiger partial charge on any atom is -0.464 e. The van der Waals surface area contributed by atoms with Crippen molar-refractivity contribution in [3.05, 3.63) is 141 Å². The molecule has 2 aromatic heterocycles. The minimum atomic E-state index is -0.467. The number of furan rings is 1. The lowest BCUT2D eigenvalue weighted by Gasteiger charge is -2.42. The van der Waals surface area contributed by atoms with Gasteiger partial charge in [0.2, 0.25) is 0 Å². The minimum absolute atomic E-state index is 0.0450. The van der Waals surface area contributed by atoms with Gasteiger partial charge in [-0.2, -0.15) is 0 Å². The number of hydrogen-bond donors (Lipinski definition) is 1. The first-order valence-electron chi connectivity index (χ1n) is 20.1. The number of nitrogens with zero attached hydrogens (tertiary/aromatic N) is 2. The van der Waals surface area contributed by atoms with E-state index in [2.05, 4.69) is 36.9 Å². The van der Waals surface area contributed by atoms with Gasteiger partial charge in [0, 0.05) is 61.3 Å². The van der Waals surface area contributed by atoms with Gasteiger partial charge < -0.3 is 19.2 Å². The lowest BCUT2D eigenvalue weighted by Crippen LogP contribution is -2.44. The summed E-state index contributed by atoms with van der Waals surface area (Å²) in [6.45, 7) is 4.84. The molecule has 4 unspecified atom stereocenters. The summed E-state index contributed by atoms with van der Waals surface area (Å²) >= 11 is 3.50. The lowest BCUT2D eigenvalue weighted by atomic mass is 9.82. The molecule has 4 fully saturated rings. The van der Waals surface area contributed by atoms with Crippen LogP contribution in [0.3, 0.4) is 0 Å². The third-order valence-electron chi connectivity index (χ3n) is 12.8. The van der Waals surface area contributed by atoms with E-state index < -0.39 is 5.82 Å². The molecule has 0 saturated carbocycles. The third-order valence-corrected chi connectivity index (χ3v) is 13.5. The quantitative estimate of drug-likeness (QED) is 0.170. The first-order chi connectivity index (χ1) is 26.9. The van der Waals surface area contributed by atoms with Gasteiger partial charge in [0.1, 0.15) is 11.4 Å². The zero-order valence-corrected chi connectivity index (χ0v) is 32.7. The van der Waals surface area contributed by atoms with Gasteiger partial charge in [-0.05, 0) is 156 Å². The maximum Gasteiger partial charge on any atom is 0.195 e. The molecule has 6 nitrogen and oxygen atoms in total. The number of carbonyl (C=O) groups excluding carboxylic acids is 2. The van der Waals surface area contributed by atoms with Crippen molar-refractivity contribution in [2.75, 3.05) is 26.2 Å². The van der Waals surface area contributed by atoms with E-state index in [9.17, 15) is 14.0 Å². The van der Waals surface area contributed by atoms with Crippen molar-refractivity contribution in [1.82, 2.24) is 14.8 Å². The molecule has 0 amide bonds. The van der Waals surface area contributed by atoms with E-state index >= 15 is 0 Å². The summed E-state index contributed by atoms with van der Waals surface area (Å²) in [5, 5.41) is 2.21. The van der Waals surface area contributed by atoms with Crippen molar-refractivity contribution in [1.29, 1.82) is 0 Å². The molecule has 0 bridgehead atoms. The Morgan fingerprint density at radius 3 is 2.07 bits per heavy atom. The normalized spacial score (nSPS) is 22.9. The van der Waals surface area contributed by atoms with Crippen LogP contribution in [0.1, 0.15) is 113 Å². The van der Waals surface area contributed by atoms with Crippen LogP contribution in [0.5, 0.6) is 0 Å². The average molecular weight is 801 g/mol. The predicted octanol–water partition coefficient (Wildman–Crippen LogP) is 11.0. The maximum absolute atomic E-state index is 14.0. The Morgan fingerprint density at radius 1 is 0.673 bits per heavy atom. The van der Waals surface area contributed by atoms with Crippen molar-refractivity contribution in [2.24, 2.45) is 0 Å². The molecule has 4 aromatic carbocycles. The number of H-pyrrole nitrogens is 1. The van der Waals surface area contributed by atoms with E-state index in [1.165, 1.54) is 88.2 Å². The maximum atomic E-state index is 14.0. The van der Waals surface area contributed by atoms with Crippen molar-refractivity contribution >= 4 is 49.4 Å². The van der Waals surface area contributed by atoms with Gasteiger partial charge in [-0.1, -0.05) is 46.6 Å². The molecule has 6 aromatic rings. The summed E-state index contributed by atoms with van der Waals surface area (Å²) in [6, 6.07) is 26.7. The van der Waals surface area contributed by atoms with Crippen molar-refractivity contribution in [2.45, 2.75) is 81.7 Å². The van der Waals surface area contributed by atoms with Crippen LogP contribution in [0, 0.1) is 5.82 Å². The molecule has 8 heteroatoms. The van der Waals surface area contributed by atoms with Gasteiger partial charge in [-0.15, -0.1) is 0 Å². The molecule has 55 heavy (non-hydrogen) atoms. The molecule has 4 atom stereocenters. The molecular weight excluding hydrogens is 753 g/mol. The number of nitrogens with one attached hydrogen (secondary N) is 1. The monoisotopic (exact) mass is 799 g/mol. The highest BCUT2D eigenvalue weighted by atomic mass is 79.9. The first-order valence-corrected chi connectivity index (χ1v) is 20.9. The number of benzene rings is 4. The molecule has 0 radical (unpaired) electrons. The largest absolute Gasteiger partial charge is 0.464 e. The van der Waals surface area contributed by atoms with Gasteiger partial charge in [-0.25, -0.2) is 4.39 Å². The molecule has 10 rings (SSSR count). The number of carbonyl (C=O) groups is 2. The van der Waals surface area contributed by atoms with Crippen LogP contribution < -0.4 is 0 Å². The Labute approximate surface area is 330 Å². The van der Waals surface area contributed by atoms with Crippen LogP contribution in [0.15, 0.2) is 106 Å². The zero-order valence-electron chi connectivity index (χ0n) is 31.1. The Kier molecular flexibility index (Phi) is 10.3. The van der Waals surface area contributed by atoms with Gasteiger partial charge in [0.25, 0.3) is 0 Å². The van der Waals surface area contributed by atoms with Gasteiger partial charge in [-0.3, -0.25) is 9.59 Å². The van der Waals surface area contributed by atoms with Crippen molar-refractivity contribution in [3.8, 4) is 0 Å². The van der Waals surface area contributed by atoms with Crippen LogP contribution in [-0.4, -0.2) is 64.6 Å². The summed E-state index contributed by atoms with van der Waals surface area (Å²) < 4.78 is 20.7. The van der Waals surface area contributed by atoms with E-state index in [-0.39, 0.29) is 17.1 Å². The second kappa shape index (κ2) is 15.6. The smallest absolute Gasteiger partial charge is 0.195 e. The number of fused-ring (bicyclic) bond motifs is 4. The third kappa shape index (κ3) is 7.25. The number of aromatic amines is 1. The summed E-state index contributed by atoms with van der Waals surface area (Å²) in [7, 11) is 0. The van der Waals surface area contributed by atoms with Crippen LogP contribution in [0.2, 0.25) is 0 Å². The molecule has 4 aliphatic rings.